The predicted octanol–water partition coefficient (Wildman–Crippen LogP) is 4.68. The molecule has 124 valence electrons. The van der Waals surface area contributed by atoms with Crippen LogP contribution in [-0.2, 0) is 6.54 Å². The molecule has 0 aliphatic heterocycles. The number of aryl methyl sites for hydroxylation is 2. The van der Waals surface area contributed by atoms with Crippen LogP contribution in [0.3, 0.4) is 0 Å². The highest BCUT2D eigenvalue weighted by atomic mass is 32.1. The molecule has 4 nitrogen and oxygen atoms in total. The van der Waals surface area contributed by atoms with E-state index in [2.05, 4.69) is 4.98 Å². The Bertz CT molecular complexity index is 823. The highest BCUT2D eigenvalue weighted by molar-refractivity contribution is 7.13. The number of carbonyl (C=O) groups is 1. The third-order valence-electron chi connectivity index (χ3n) is 3.62. The van der Waals surface area contributed by atoms with Gasteiger partial charge in [0.05, 0.1) is 24.4 Å². The summed E-state index contributed by atoms with van der Waals surface area (Å²) in [5, 5.41) is 2.93. The number of thiophene rings is 1. The van der Waals surface area contributed by atoms with Gasteiger partial charge in [-0.25, -0.2) is 4.98 Å². The van der Waals surface area contributed by atoms with E-state index in [-0.39, 0.29) is 5.91 Å². The number of carbonyl (C=O) groups excluding carboxylic acids is 1. The summed E-state index contributed by atoms with van der Waals surface area (Å²) in [5.41, 5.74) is 1.63. The quantitative estimate of drug-likeness (QED) is 0.665. The lowest BCUT2D eigenvalue weighted by atomic mass is 10.2. The normalized spacial score (nSPS) is 10.6. The van der Waals surface area contributed by atoms with Crippen molar-refractivity contribution in [2.24, 2.45) is 0 Å². The summed E-state index contributed by atoms with van der Waals surface area (Å²) in [7, 11) is 1.63. The Balaban J connectivity index is 1.97. The molecule has 0 N–H and O–H groups in total. The smallest absolute Gasteiger partial charge is 0.270 e. The topological polar surface area (TPSA) is 42.4 Å². The standard InChI is InChI=1S/C18H18N2O2S2/c1-12-17(24-13(2)19-12)18(21)20(11-16-5-4-10-23-16)14-6-8-15(22-3)9-7-14/h4-10H,11H2,1-3H3. The number of thiazole rings is 1. The van der Waals surface area contributed by atoms with Crippen LogP contribution in [0, 0.1) is 13.8 Å². The van der Waals surface area contributed by atoms with Crippen molar-refractivity contribution in [1.29, 1.82) is 0 Å². The van der Waals surface area contributed by atoms with Crippen molar-refractivity contribution in [3.8, 4) is 5.75 Å². The largest absolute Gasteiger partial charge is 0.497 e. The van der Waals surface area contributed by atoms with Crippen LogP contribution < -0.4 is 9.64 Å². The number of aromatic nitrogens is 1. The van der Waals surface area contributed by atoms with Crippen LogP contribution in [0.4, 0.5) is 5.69 Å². The van der Waals surface area contributed by atoms with Gasteiger partial charge in [-0.1, -0.05) is 6.07 Å². The lowest BCUT2D eigenvalue weighted by Gasteiger charge is -2.22. The minimum absolute atomic E-state index is 0.0170. The van der Waals surface area contributed by atoms with Crippen LogP contribution in [0.1, 0.15) is 25.3 Å². The summed E-state index contributed by atoms with van der Waals surface area (Å²) in [5.74, 6) is 0.753. The van der Waals surface area contributed by atoms with Gasteiger partial charge >= 0.3 is 0 Å². The van der Waals surface area contributed by atoms with Crippen molar-refractivity contribution < 1.29 is 9.53 Å². The van der Waals surface area contributed by atoms with Crippen molar-refractivity contribution in [2.45, 2.75) is 20.4 Å². The molecule has 24 heavy (non-hydrogen) atoms. The Morgan fingerprint density at radius 3 is 2.50 bits per heavy atom. The maximum Gasteiger partial charge on any atom is 0.270 e. The Kier molecular flexibility index (Phi) is 4.97. The van der Waals surface area contributed by atoms with Crippen molar-refractivity contribution in [1.82, 2.24) is 4.98 Å². The summed E-state index contributed by atoms with van der Waals surface area (Å²) in [6.45, 7) is 4.35. The van der Waals surface area contributed by atoms with Crippen LogP contribution in [0.15, 0.2) is 41.8 Å². The number of rotatable bonds is 5. The van der Waals surface area contributed by atoms with E-state index < -0.39 is 0 Å². The second-order valence-electron chi connectivity index (χ2n) is 5.32. The van der Waals surface area contributed by atoms with Crippen molar-refractivity contribution in [3.05, 3.63) is 62.2 Å². The van der Waals surface area contributed by atoms with Gasteiger partial charge in [-0.05, 0) is 49.6 Å². The fraction of sp³-hybridized carbons (Fsp3) is 0.222. The molecular weight excluding hydrogens is 340 g/mol. The number of hydrogen-bond donors (Lipinski definition) is 0. The molecule has 1 aromatic carbocycles. The van der Waals surface area contributed by atoms with Crippen molar-refractivity contribution >= 4 is 34.3 Å². The molecule has 2 aromatic heterocycles. The zero-order valence-electron chi connectivity index (χ0n) is 13.8. The number of ether oxygens (including phenoxy) is 1. The van der Waals surface area contributed by atoms with Crippen LogP contribution >= 0.6 is 22.7 Å². The van der Waals surface area contributed by atoms with E-state index in [1.165, 1.54) is 11.3 Å². The lowest BCUT2D eigenvalue weighted by molar-refractivity contribution is 0.0988. The number of methoxy groups -OCH3 is 1. The van der Waals surface area contributed by atoms with Crippen LogP contribution in [0.25, 0.3) is 0 Å². The molecule has 0 spiro atoms. The Hall–Kier alpha value is -2.18. The number of hydrogen-bond acceptors (Lipinski definition) is 5. The lowest BCUT2D eigenvalue weighted by Crippen LogP contribution is -2.30. The van der Waals surface area contributed by atoms with E-state index in [9.17, 15) is 4.79 Å². The van der Waals surface area contributed by atoms with Gasteiger partial charge in [0.25, 0.3) is 5.91 Å². The van der Waals surface area contributed by atoms with E-state index in [0.29, 0.717) is 11.4 Å². The molecule has 2 heterocycles. The average Bonchev–Trinajstić information content (AvgIpc) is 3.21. The summed E-state index contributed by atoms with van der Waals surface area (Å²) >= 11 is 3.09. The third kappa shape index (κ3) is 3.49. The summed E-state index contributed by atoms with van der Waals surface area (Å²) in [6, 6.07) is 11.6. The van der Waals surface area contributed by atoms with Gasteiger partial charge in [0, 0.05) is 10.6 Å². The second kappa shape index (κ2) is 7.15. The van der Waals surface area contributed by atoms with Gasteiger partial charge in [0.2, 0.25) is 0 Å². The first kappa shape index (κ1) is 16.7. The van der Waals surface area contributed by atoms with Crippen LogP contribution in [0.2, 0.25) is 0 Å². The molecule has 0 atom stereocenters. The molecule has 0 unspecified atom stereocenters. The van der Waals surface area contributed by atoms with Crippen LogP contribution in [-0.4, -0.2) is 18.0 Å². The van der Waals surface area contributed by atoms with E-state index in [4.69, 9.17) is 4.74 Å². The molecule has 1 amide bonds. The van der Waals surface area contributed by atoms with Gasteiger partial charge in [-0.15, -0.1) is 22.7 Å². The zero-order valence-corrected chi connectivity index (χ0v) is 15.4. The first-order valence-corrected chi connectivity index (χ1v) is 9.20. The number of anilines is 1. The molecule has 0 bridgehead atoms. The van der Waals surface area contributed by atoms with E-state index in [1.54, 1.807) is 23.3 Å². The fourth-order valence-electron chi connectivity index (χ4n) is 2.45. The highest BCUT2D eigenvalue weighted by Gasteiger charge is 2.23. The third-order valence-corrected chi connectivity index (χ3v) is 5.54. The number of amides is 1. The second-order valence-corrected chi connectivity index (χ2v) is 7.55. The Morgan fingerprint density at radius 1 is 1.21 bits per heavy atom. The molecule has 0 fully saturated rings. The Labute approximate surface area is 149 Å². The minimum Gasteiger partial charge on any atom is -0.497 e. The monoisotopic (exact) mass is 358 g/mol. The van der Waals surface area contributed by atoms with E-state index >= 15 is 0 Å². The molecule has 0 aliphatic rings. The first-order chi connectivity index (χ1) is 11.6. The van der Waals surface area contributed by atoms with Crippen LogP contribution in [0.5, 0.6) is 5.75 Å². The van der Waals surface area contributed by atoms with Gasteiger partial charge in [0.15, 0.2) is 0 Å². The minimum atomic E-state index is -0.0170. The number of nitrogens with zero attached hydrogens (tertiary/aromatic N) is 2. The van der Waals surface area contributed by atoms with Crippen molar-refractivity contribution in [2.75, 3.05) is 12.0 Å². The fourth-order valence-corrected chi connectivity index (χ4v) is 4.01. The molecule has 3 rings (SSSR count). The predicted molar refractivity (Wildman–Crippen MR) is 99.4 cm³/mol. The molecule has 0 saturated heterocycles. The van der Waals surface area contributed by atoms with Gasteiger partial charge < -0.3 is 9.64 Å². The zero-order chi connectivity index (χ0) is 17.1. The molecule has 3 aromatic rings. The highest BCUT2D eigenvalue weighted by Crippen LogP contribution is 2.27. The molecule has 0 aliphatic carbocycles. The van der Waals surface area contributed by atoms with E-state index in [1.807, 2.05) is 55.6 Å². The van der Waals surface area contributed by atoms with Crippen molar-refractivity contribution in [3.63, 3.8) is 0 Å². The summed E-state index contributed by atoms with van der Waals surface area (Å²) < 4.78 is 5.21. The molecule has 6 heteroatoms. The summed E-state index contributed by atoms with van der Waals surface area (Å²) in [4.78, 5) is 21.1. The van der Waals surface area contributed by atoms with E-state index in [0.717, 1.165) is 27.0 Å². The maximum atomic E-state index is 13.1. The van der Waals surface area contributed by atoms with Gasteiger partial charge in [-0.3, -0.25) is 4.79 Å². The first-order valence-electron chi connectivity index (χ1n) is 7.51. The number of benzene rings is 1. The summed E-state index contributed by atoms with van der Waals surface area (Å²) in [6.07, 6.45) is 0. The maximum absolute atomic E-state index is 13.1. The SMILES string of the molecule is COc1ccc(N(Cc2cccs2)C(=O)c2sc(C)nc2C)cc1. The molecule has 0 saturated carbocycles. The van der Waals surface area contributed by atoms with Gasteiger partial charge in [0.1, 0.15) is 10.6 Å². The molecule has 0 radical (unpaired) electrons. The van der Waals surface area contributed by atoms with Gasteiger partial charge in [-0.2, -0.15) is 0 Å². The molecular formula is C18H18N2O2S2. The average molecular weight is 358 g/mol. The Morgan fingerprint density at radius 2 is 1.96 bits per heavy atom.